The van der Waals surface area contributed by atoms with Gasteiger partial charge in [0.05, 0.1) is 12.7 Å². The summed E-state index contributed by atoms with van der Waals surface area (Å²) >= 11 is 0. The molecule has 3 heteroatoms. The predicted molar refractivity (Wildman–Crippen MR) is 87.0 cm³/mol. The Morgan fingerprint density at radius 2 is 1.91 bits per heavy atom. The fraction of sp³-hybridized carbons (Fsp3) is 0.316. The van der Waals surface area contributed by atoms with E-state index in [0.29, 0.717) is 18.7 Å². The van der Waals surface area contributed by atoms with Gasteiger partial charge in [-0.3, -0.25) is 4.79 Å². The standard InChI is InChI=1S/C19H21NO2/c1-13-7-8-16(9-14(13)2)19(21)20-11-18-10-15-5-3-4-6-17(15)12-22-18/h3-9,18H,10-12H2,1-2H3,(H,20,21). The van der Waals surface area contributed by atoms with Crippen LogP contribution in [0.5, 0.6) is 0 Å². The molecule has 114 valence electrons. The molecule has 0 fully saturated rings. The third kappa shape index (κ3) is 3.20. The van der Waals surface area contributed by atoms with Crippen LogP contribution in [0.15, 0.2) is 42.5 Å². The molecule has 22 heavy (non-hydrogen) atoms. The van der Waals surface area contributed by atoms with Crippen molar-refractivity contribution in [1.29, 1.82) is 0 Å². The number of rotatable bonds is 3. The van der Waals surface area contributed by atoms with Gasteiger partial charge in [0.2, 0.25) is 0 Å². The second kappa shape index (κ2) is 6.32. The first-order chi connectivity index (χ1) is 10.6. The zero-order chi connectivity index (χ0) is 15.5. The lowest BCUT2D eigenvalue weighted by Gasteiger charge is -2.25. The molecule has 1 atom stereocenters. The van der Waals surface area contributed by atoms with Gasteiger partial charge in [0.25, 0.3) is 5.91 Å². The van der Waals surface area contributed by atoms with E-state index in [-0.39, 0.29) is 12.0 Å². The number of fused-ring (bicyclic) bond motifs is 1. The molecular weight excluding hydrogens is 274 g/mol. The number of benzene rings is 2. The van der Waals surface area contributed by atoms with Crippen molar-refractivity contribution in [3.63, 3.8) is 0 Å². The first-order valence-electron chi connectivity index (χ1n) is 7.67. The summed E-state index contributed by atoms with van der Waals surface area (Å²) in [5.74, 6) is -0.0365. The lowest BCUT2D eigenvalue weighted by Crippen LogP contribution is -2.36. The molecule has 0 spiro atoms. The van der Waals surface area contributed by atoms with Crippen molar-refractivity contribution in [2.75, 3.05) is 6.54 Å². The van der Waals surface area contributed by atoms with Crippen LogP contribution < -0.4 is 5.32 Å². The van der Waals surface area contributed by atoms with Crippen LogP contribution in [0.3, 0.4) is 0 Å². The Labute approximate surface area is 131 Å². The van der Waals surface area contributed by atoms with E-state index < -0.39 is 0 Å². The molecule has 1 aliphatic rings. The highest BCUT2D eigenvalue weighted by Crippen LogP contribution is 2.20. The van der Waals surface area contributed by atoms with E-state index >= 15 is 0 Å². The Hall–Kier alpha value is -2.13. The van der Waals surface area contributed by atoms with Gasteiger partial charge in [-0.2, -0.15) is 0 Å². The minimum absolute atomic E-state index is 0.0365. The van der Waals surface area contributed by atoms with Crippen LogP contribution in [0, 0.1) is 13.8 Å². The average molecular weight is 295 g/mol. The Morgan fingerprint density at radius 3 is 2.68 bits per heavy atom. The summed E-state index contributed by atoms with van der Waals surface area (Å²) in [6.07, 6.45) is 0.897. The maximum atomic E-state index is 12.2. The minimum Gasteiger partial charge on any atom is -0.371 e. The van der Waals surface area contributed by atoms with Crippen LogP contribution in [-0.2, 0) is 17.8 Å². The van der Waals surface area contributed by atoms with Crippen molar-refractivity contribution in [2.45, 2.75) is 33.0 Å². The highest BCUT2D eigenvalue weighted by molar-refractivity contribution is 5.94. The van der Waals surface area contributed by atoms with E-state index in [9.17, 15) is 4.79 Å². The van der Waals surface area contributed by atoms with Gasteiger partial charge in [-0.25, -0.2) is 0 Å². The summed E-state index contributed by atoms with van der Waals surface area (Å²) in [5, 5.41) is 2.98. The van der Waals surface area contributed by atoms with Crippen molar-refractivity contribution in [2.24, 2.45) is 0 Å². The molecule has 3 nitrogen and oxygen atoms in total. The normalized spacial score (nSPS) is 16.9. The number of nitrogens with one attached hydrogen (secondary N) is 1. The number of hydrogen-bond donors (Lipinski definition) is 1. The monoisotopic (exact) mass is 295 g/mol. The summed E-state index contributed by atoms with van der Waals surface area (Å²) in [7, 11) is 0. The summed E-state index contributed by atoms with van der Waals surface area (Å²) in [6.45, 7) is 5.23. The van der Waals surface area contributed by atoms with Crippen LogP contribution in [0.1, 0.15) is 32.6 Å². The number of hydrogen-bond acceptors (Lipinski definition) is 2. The Kier molecular flexibility index (Phi) is 4.25. The van der Waals surface area contributed by atoms with Crippen molar-refractivity contribution in [3.05, 3.63) is 70.3 Å². The quantitative estimate of drug-likeness (QED) is 0.944. The first-order valence-corrected chi connectivity index (χ1v) is 7.67. The summed E-state index contributed by atoms with van der Waals surface area (Å²) in [6, 6.07) is 14.1. The number of carbonyl (C=O) groups is 1. The van der Waals surface area contributed by atoms with Gasteiger partial charge in [0.15, 0.2) is 0 Å². The van der Waals surface area contributed by atoms with Crippen LogP contribution in [0.2, 0.25) is 0 Å². The van der Waals surface area contributed by atoms with E-state index in [0.717, 1.165) is 12.0 Å². The van der Waals surface area contributed by atoms with Crippen molar-refractivity contribution >= 4 is 5.91 Å². The lowest BCUT2D eigenvalue weighted by atomic mass is 9.99. The molecule has 0 aliphatic carbocycles. The maximum absolute atomic E-state index is 12.2. The molecule has 0 bridgehead atoms. The highest BCUT2D eigenvalue weighted by atomic mass is 16.5. The van der Waals surface area contributed by atoms with Gasteiger partial charge in [-0.1, -0.05) is 30.3 Å². The molecule has 2 aromatic rings. The molecule has 1 amide bonds. The number of aryl methyl sites for hydroxylation is 2. The van der Waals surface area contributed by atoms with E-state index in [2.05, 4.69) is 23.5 Å². The van der Waals surface area contributed by atoms with Gasteiger partial charge in [-0.15, -0.1) is 0 Å². The van der Waals surface area contributed by atoms with Crippen molar-refractivity contribution in [1.82, 2.24) is 5.32 Å². The van der Waals surface area contributed by atoms with E-state index in [4.69, 9.17) is 4.74 Å². The first kappa shape index (κ1) is 14.8. The fourth-order valence-electron chi connectivity index (χ4n) is 2.73. The molecular formula is C19H21NO2. The van der Waals surface area contributed by atoms with Gasteiger partial charge in [-0.05, 0) is 48.2 Å². The van der Waals surface area contributed by atoms with Crippen molar-refractivity contribution in [3.8, 4) is 0 Å². The van der Waals surface area contributed by atoms with Crippen LogP contribution in [0.25, 0.3) is 0 Å². The lowest BCUT2D eigenvalue weighted by molar-refractivity contribution is 0.0285. The average Bonchev–Trinajstić information content (AvgIpc) is 2.55. The van der Waals surface area contributed by atoms with Gasteiger partial charge < -0.3 is 10.1 Å². The predicted octanol–water partition coefficient (Wildman–Crippen LogP) is 3.17. The van der Waals surface area contributed by atoms with Gasteiger partial charge in [0, 0.05) is 18.5 Å². The molecule has 0 radical (unpaired) electrons. The van der Waals surface area contributed by atoms with E-state index in [1.807, 2.05) is 38.1 Å². The zero-order valence-electron chi connectivity index (χ0n) is 13.1. The largest absolute Gasteiger partial charge is 0.371 e. The number of carbonyl (C=O) groups excluding carboxylic acids is 1. The molecule has 0 saturated carbocycles. The highest BCUT2D eigenvalue weighted by Gasteiger charge is 2.19. The second-order valence-corrected chi connectivity index (χ2v) is 5.91. The fourth-order valence-corrected chi connectivity index (χ4v) is 2.73. The third-order valence-electron chi connectivity index (χ3n) is 4.30. The molecule has 1 unspecified atom stereocenters. The second-order valence-electron chi connectivity index (χ2n) is 5.91. The Bertz CT molecular complexity index is 694. The zero-order valence-corrected chi connectivity index (χ0v) is 13.1. The van der Waals surface area contributed by atoms with E-state index in [1.54, 1.807) is 0 Å². The summed E-state index contributed by atoms with van der Waals surface area (Å²) in [4.78, 5) is 12.2. The molecule has 0 saturated heterocycles. The van der Waals surface area contributed by atoms with Crippen LogP contribution >= 0.6 is 0 Å². The number of amides is 1. The smallest absolute Gasteiger partial charge is 0.251 e. The Morgan fingerprint density at radius 1 is 1.14 bits per heavy atom. The molecule has 0 aromatic heterocycles. The Balaban J connectivity index is 1.59. The summed E-state index contributed by atoms with van der Waals surface area (Å²) in [5.41, 5.74) is 5.61. The molecule has 3 rings (SSSR count). The molecule has 2 aromatic carbocycles. The van der Waals surface area contributed by atoms with Gasteiger partial charge >= 0.3 is 0 Å². The third-order valence-corrected chi connectivity index (χ3v) is 4.30. The SMILES string of the molecule is Cc1ccc(C(=O)NCC2Cc3ccccc3CO2)cc1C. The molecule has 1 aliphatic heterocycles. The van der Waals surface area contributed by atoms with Gasteiger partial charge in [0.1, 0.15) is 0 Å². The minimum atomic E-state index is -0.0365. The van der Waals surface area contributed by atoms with Crippen LogP contribution in [0.4, 0.5) is 0 Å². The molecule has 1 N–H and O–H groups in total. The topological polar surface area (TPSA) is 38.3 Å². The van der Waals surface area contributed by atoms with Crippen LogP contribution in [-0.4, -0.2) is 18.6 Å². The summed E-state index contributed by atoms with van der Waals surface area (Å²) < 4.78 is 5.82. The maximum Gasteiger partial charge on any atom is 0.251 e. The number of ether oxygens (including phenoxy) is 1. The van der Waals surface area contributed by atoms with E-state index in [1.165, 1.54) is 16.7 Å². The molecule has 1 heterocycles. The van der Waals surface area contributed by atoms with Crippen molar-refractivity contribution < 1.29 is 9.53 Å².